The number of nitrogens with one attached hydrogen (secondary N) is 1. The highest BCUT2D eigenvalue weighted by molar-refractivity contribution is 7.89. The van der Waals surface area contributed by atoms with Crippen molar-refractivity contribution in [1.29, 1.82) is 0 Å². The van der Waals surface area contributed by atoms with E-state index in [4.69, 9.17) is 9.47 Å². The van der Waals surface area contributed by atoms with Crippen LogP contribution in [0.15, 0.2) is 41.3 Å². The van der Waals surface area contributed by atoms with Crippen molar-refractivity contribution >= 4 is 15.9 Å². The van der Waals surface area contributed by atoms with Crippen LogP contribution in [0.4, 0.5) is 0 Å². The molecule has 2 rings (SSSR count). The van der Waals surface area contributed by atoms with Gasteiger partial charge in [0.05, 0.1) is 14.2 Å². The molecule has 0 aliphatic carbocycles. The fourth-order valence-corrected chi connectivity index (χ4v) is 3.41. The average molecular weight is 394 g/mol. The van der Waals surface area contributed by atoms with E-state index in [2.05, 4.69) is 5.32 Å². The van der Waals surface area contributed by atoms with E-state index >= 15 is 0 Å². The number of amides is 1. The Morgan fingerprint density at radius 2 is 1.74 bits per heavy atom. The summed E-state index contributed by atoms with van der Waals surface area (Å²) in [4.78, 5) is 12.4. The Bertz CT molecular complexity index is 941. The van der Waals surface area contributed by atoms with E-state index in [-0.39, 0.29) is 28.5 Å². The van der Waals surface area contributed by atoms with Crippen molar-refractivity contribution in [3.05, 3.63) is 47.5 Å². The third-order valence-electron chi connectivity index (χ3n) is 3.88. The molecule has 0 unspecified atom stereocenters. The van der Waals surface area contributed by atoms with E-state index < -0.39 is 15.9 Å². The number of ether oxygens (including phenoxy) is 2. The average Bonchev–Trinajstić information content (AvgIpc) is 2.66. The Hall–Kier alpha value is -2.78. The Kier molecular flexibility index (Phi) is 6.29. The number of carbonyl (C=O) groups is 1. The molecule has 0 fully saturated rings. The number of carbonyl (C=O) groups excluding carboxylic acids is 1. The Morgan fingerprint density at radius 3 is 2.33 bits per heavy atom. The van der Waals surface area contributed by atoms with Crippen molar-refractivity contribution in [1.82, 2.24) is 9.62 Å². The second-order valence-corrected chi connectivity index (χ2v) is 7.96. The number of phenolic OH excluding ortho intramolecular Hbond substituents is 1. The fraction of sp³-hybridized carbons (Fsp3) is 0.278. The van der Waals surface area contributed by atoms with Gasteiger partial charge in [-0.1, -0.05) is 6.07 Å². The third-order valence-corrected chi connectivity index (χ3v) is 5.72. The van der Waals surface area contributed by atoms with E-state index in [0.29, 0.717) is 11.3 Å². The molecule has 2 aromatic rings. The molecule has 146 valence electrons. The molecule has 27 heavy (non-hydrogen) atoms. The first kappa shape index (κ1) is 20.5. The lowest BCUT2D eigenvalue weighted by molar-refractivity contribution is 0.0950. The van der Waals surface area contributed by atoms with Gasteiger partial charge in [0.15, 0.2) is 11.5 Å². The van der Waals surface area contributed by atoms with Gasteiger partial charge in [0, 0.05) is 26.2 Å². The quantitative estimate of drug-likeness (QED) is 0.739. The first-order chi connectivity index (χ1) is 12.7. The lowest BCUT2D eigenvalue weighted by Gasteiger charge is -2.15. The summed E-state index contributed by atoms with van der Waals surface area (Å²) in [7, 11) is 1.83. The Balaban J connectivity index is 2.24. The third kappa shape index (κ3) is 4.50. The van der Waals surface area contributed by atoms with Crippen molar-refractivity contribution in [2.45, 2.75) is 11.4 Å². The number of hydrogen-bond donors (Lipinski definition) is 2. The van der Waals surface area contributed by atoms with Crippen LogP contribution in [0.5, 0.6) is 17.2 Å². The standard InChI is InChI=1S/C18H22N2O6S/c1-20(2)27(23,24)17-10-13(6-8-15(17)25-3)18(22)19-11-12-5-7-14(21)16(9-12)26-4/h5-10,21H,11H2,1-4H3,(H,19,22). The molecular weight excluding hydrogens is 372 g/mol. The molecule has 0 aliphatic heterocycles. The van der Waals surface area contributed by atoms with Gasteiger partial charge < -0.3 is 19.9 Å². The van der Waals surface area contributed by atoms with Crippen LogP contribution < -0.4 is 14.8 Å². The summed E-state index contributed by atoms with van der Waals surface area (Å²) in [5, 5.41) is 12.3. The second kappa shape index (κ2) is 8.28. The van der Waals surface area contributed by atoms with Gasteiger partial charge in [0.2, 0.25) is 10.0 Å². The molecule has 0 saturated carbocycles. The number of aromatic hydroxyl groups is 1. The van der Waals surface area contributed by atoms with Crippen LogP contribution in [0.2, 0.25) is 0 Å². The monoisotopic (exact) mass is 394 g/mol. The van der Waals surface area contributed by atoms with Crippen LogP contribution in [0.3, 0.4) is 0 Å². The van der Waals surface area contributed by atoms with Gasteiger partial charge in [0.25, 0.3) is 5.91 Å². The zero-order chi connectivity index (χ0) is 20.2. The van der Waals surface area contributed by atoms with Gasteiger partial charge in [0.1, 0.15) is 10.6 Å². The smallest absolute Gasteiger partial charge is 0.251 e. The van der Waals surface area contributed by atoms with Gasteiger partial charge in [-0.3, -0.25) is 4.79 Å². The first-order valence-corrected chi connectivity index (χ1v) is 9.39. The molecule has 2 aromatic carbocycles. The number of nitrogens with zero attached hydrogens (tertiary/aromatic N) is 1. The molecule has 0 aliphatic rings. The molecule has 0 bridgehead atoms. The predicted molar refractivity (Wildman–Crippen MR) is 99.7 cm³/mol. The summed E-state index contributed by atoms with van der Waals surface area (Å²) in [5.41, 5.74) is 0.898. The van der Waals surface area contributed by atoms with Crippen molar-refractivity contribution in [2.75, 3.05) is 28.3 Å². The largest absolute Gasteiger partial charge is 0.504 e. The van der Waals surface area contributed by atoms with E-state index in [1.807, 2.05) is 0 Å². The molecule has 0 spiro atoms. The van der Waals surface area contributed by atoms with E-state index in [9.17, 15) is 18.3 Å². The molecule has 0 radical (unpaired) electrons. The number of hydrogen-bond acceptors (Lipinski definition) is 6. The molecule has 9 heteroatoms. The van der Waals surface area contributed by atoms with Gasteiger partial charge in [-0.05, 0) is 35.9 Å². The maximum Gasteiger partial charge on any atom is 0.251 e. The summed E-state index contributed by atoms with van der Waals surface area (Å²) in [6.45, 7) is 0.178. The lowest BCUT2D eigenvalue weighted by atomic mass is 10.1. The summed E-state index contributed by atoms with van der Waals surface area (Å²) in [5.74, 6) is 0.00949. The number of benzene rings is 2. The van der Waals surface area contributed by atoms with Crippen LogP contribution in [0.1, 0.15) is 15.9 Å². The van der Waals surface area contributed by atoms with Crippen LogP contribution in [0.25, 0.3) is 0 Å². The number of sulfonamides is 1. The summed E-state index contributed by atoms with van der Waals surface area (Å²) >= 11 is 0. The minimum Gasteiger partial charge on any atom is -0.504 e. The van der Waals surface area contributed by atoms with Crippen molar-refractivity contribution in [3.63, 3.8) is 0 Å². The molecule has 2 N–H and O–H groups in total. The van der Waals surface area contributed by atoms with E-state index in [1.165, 1.54) is 52.6 Å². The van der Waals surface area contributed by atoms with E-state index in [0.717, 1.165) is 4.31 Å². The van der Waals surface area contributed by atoms with Crippen LogP contribution >= 0.6 is 0 Å². The van der Waals surface area contributed by atoms with Crippen molar-refractivity contribution in [2.24, 2.45) is 0 Å². The lowest BCUT2D eigenvalue weighted by Crippen LogP contribution is -2.25. The summed E-state index contributed by atoms with van der Waals surface area (Å²) < 4.78 is 36.1. The van der Waals surface area contributed by atoms with Gasteiger partial charge in [-0.2, -0.15) is 0 Å². The van der Waals surface area contributed by atoms with Crippen LogP contribution in [0, 0.1) is 0 Å². The van der Waals surface area contributed by atoms with Crippen molar-refractivity contribution < 1.29 is 27.8 Å². The topological polar surface area (TPSA) is 105 Å². The van der Waals surface area contributed by atoms with Gasteiger partial charge >= 0.3 is 0 Å². The number of rotatable bonds is 7. The zero-order valence-electron chi connectivity index (χ0n) is 15.5. The maximum atomic E-state index is 12.4. The van der Waals surface area contributed by atoms with Gasteiger partial charge in [-0.25, -0.2) is 12.7 Å². The predicted octanol–water partition coefficient (Wildman–Crippen LogP) is 1.59. The molecule has 1 amide bonds. The first-order valence-electron chi connectivity index (χ1n) is 7.95. The minimum absolute atomic E-state index is 0.00117. The van der Waals surface area contributed by atoms with Crippen molar-refractivity contribution in [3.8, 4) is 17.2 Å². The van der Waals surface area contributed by atoms with Crippen LogP contribution in [-0.4, -0.2) is 52.1 Å². The minimum atomic E-state index is -3.77. The second-order valence-electron chi connectivity index (χ2n) is 5.84. The highest BCUT2D eigenvalue weighted by Crippen LogP contribution is 2.28. The number of methoxy groups -OCH3 is 2. The van der Waals surface area contributed by atoms with E-state index in [1.54, 1.807) is 12.1 Å². The molecule has 8 nitrogen and oxygen atoms in total. The molecule has 0 heterocycles. The Labute approximate surface area is 158 Å². The maximum absolute atomic E-state index is 12.4. The summed E-state index contributed by atoms with van der Waals surface area (Å²) in [6, 6.07) is 8.92. The fourth-order valence-electron chi connectivity index (χ4n) is 2.33. The zero-order valence-corrected chi connectivity index (χ0v) is 16.3. The highest BCUT2D eigenvalue weighted by atomic mass is 32.2. The Morgan fingerprint density at radius 1 is 1.07 bits per heavy atom. The summed E-state index contributed by atoms with van der Waals surface area (Å²) in [6.07, 6.45) is 0. The highest BCUT2D eigenvalue weighted by Gasteiger charge is 2.23. The number of phenols is 1. The molecule has 0 aromatic heterocycles. The normalized spacial score (nSPS) is 11.3. The van der Waals surface area contributed by atoms with Crippen LogP contribution in [-0.2, 0) is 16.6 Å². The molecule has 0 saturated heterocycles. The van der Waals surface area contributed by atoms with Gasteiger partial charge in [-0.15, -0.1) is 0 Å². The molecule has 0 atom stereocenters. The molecular formula is C18H22N2O6S. The SMILES string of the molecule is COc1cc(CNC(=O)c2ccc(OC)c(S(=O)(=O)N(C)C)c2)ccc1O.